The third-order valence-corrected chi connectivity index (χ3v) is 6.80. The fourth-order valence-electron chi connectivity index (χ4n) is 5.70. The number of carbonyl (C=O) groups is 1. The van der Waals surface area contributed by atoms with Gasteiger partial charge >= 0.3 is 0 Å². The van der Waals surface area contributed by atoms with Crippen molar-refractivity contribution in [3.05, 3.63) is 0 Å². The molecule has 0 aromatic carbocycles. The summed E-state index contributed by atoms with van der Waals surface area (Å²) in [6.07, 6.45) is 10.5. The summed E-state index contributed by atoms with van der Waals surface area (Å²) in [5, 5.41) is 0. The monoisotopic (exact) mass is 311 g/mol. The van der Waals surface area contributed by atoms with Crippen LogP contribution in [0.1, 0.15) is 51.4 Å². The van der Waals surface area contributed by atoms with Gasteiger partial charge in [-0.05, 0) is 69.1 Å². The summed E-state index contributed by atoms with van der Waals surface area (Å²) in [5.41, 5.74) is 0.276. The number of rotatable bonds is 1. The Morgan fingerprint density at radius 1 is 1.06 bits per heavy atom. The van der Waals surface area contributed by atoms with Gasteiger partial charge in [-0.2, -0.15) is 0 Å². The van der Waals surface area contributed by atoms with Crippen LogP contribution in [0.25, 0.3) is 0 Å². The zero-order valence-electron chi connectivity index (χ0n) is 10.9. The van der Waals surface area contributed by atoms with Gasteiger partial charge in [0.15, 0.2) is 0 Å². The highest BCUT2D eigenvalue weighted by atomic mass is 79.9. The van der Waals surface area contributed by atoms with Crippen LogP contribution in [0.4, 0.5) is 0 Å². The number of carbonyl (C=O) groups excluding carboxylic acids is 1. The molecule has 0 aromatic rings. The van der Waals surface area contributed by atoms with Crippen LogP contribution in [0.15, 0.2) is 0 Å². The fraction of sp³-hybridized carbons (Fsp3) is 0.933. The second kappa shape index (κ2) is 3.97. The van der Waals surface area contributed by atoms with Crippen LogP contribution >= 0.6 is 15.9 Å². The molecule has 0 radical (unpaired) electrons. The van der Waals surface area contributed by atoms with Gasteiger partial charge in [-0.1, -0.05) is 15.9 Å². The standard InChI is InChI=1S/C15H22BrNO/c16-13-2-1-3-17(14(13)18)15-7-10-4-11(8-15)6-12(5-10)9-15/h10-13H,1-9H2. The van der Waals surface area contributed by atoms with E-state index in [1.807, 2.05) is 0 Å². The van der Waals surface area contributed by atoms with Gasteiger partial charge in [-0.25, -0.2) is 0 Å². The number of hydrogen-bond acceptors (Lipinski definition) is 1. The maximum atomic E-state index is 12.5. The second-order valence-electron chi connectivity index (χ2n) is 7.24. The van der Waals surface area contributed by atoms with E-state index in [1.165, 1.54) is 44.9 Å². The molecule has 5 fully saturated rings. The molecule has 2 nitrogen and oxygen atoms in total. The quantitative estimate of drug-likeness (QED) is 0.680. The first-order valence-electron chi connectivity index (χ1n) is 7.62. The summed E-state index contributed by atoms with van der Waals surface area (Å²) < 4.78 is 0. The number of amides is 1. The van der Waals surface area contributed by atoms with Gasteiger partial charge in [0.2, 0.25) is 5.91 Å². The molecule has 4 aliphatic carbocycles. The number of likely N-dealkylation sites (tertiary alicyclic amines) is 1. The molecule has 18 heavy (non-hydrogen) atoms. The average molecular weight is 312 g/mol. The van der Waals surface area contributed by atoms with Crippen molar-refractivity contribution in [2.24, 2.45) is 17.8 Å². The zero-order valence-corrected chi connectivity index (χ0v) is 12.5. The minimum atomic E-state index is 0.0965. The molecule has 3 heteroatoms. The number of alkyl halides is 1. The summed E-state index contributed by atoms with van der Waals surface area (Å²) >= 11 is 3.58. The van der Waals surface area contributed by atoms with Gasteiger partial charge in [0.05, 0.1) is 4.83 Å². The lowest BCUT2D eigenvalue weighted by molar-refractivity contribution is -0.153. The van der Waals surface area contributed by atoms with E-state index in [1.54, 1.807) is 0 Å². The van der Waals surface area contributed by atoms with Crippen LogP contribution in [-0.2, 0) is 4.79 Å². The van der Waals surface area contributed by atoms with E-state index in [-0.39, 0.29) is 10.4 Å². The van der Waals surface area contributed by atoms with Crippen LogP contribution in [0.5, 0.6) is 0 Å². The fourth-order valence-corrected chi connectivity index (χ4v) is 6.27. The third kappa shape index (κ3) is 1.62. The Bertz CT molecular complexity index is 345. The summed E-state index contributed by atoms with van der Waals surface area (Å²) in [4.78, 5) is 14.9. The number of hydrogen-bond donors (Lipinski definition) is 0. The van der Waals surface area contributed by atoms with Crippen molar-refractivity contribution in [2.45, 2.75) is 61.7 Å². The molecule has 5 rings (SSSR count). The summed E-state index contributed by atoms with van der Waals surface area (Å²) in [5.74, 6) is 3.18. The van der Waals surface area contributed by atoms with E-state index < -0.39 is 0 Å². The predicted molar refractivity (Wildman–Crippen MR) is 74.6 cm³/mol. The Morgan fingerprint density at radius 2 is 1.61 bits per heavy atom. The van der Waals surface area contributed by atoms with Gasteiger partial charge in [0, 0.05) is 12.1 Å². The first-order chi connectivity index (χ1) is 8.66. The molecule has 1 unspecified atom stereocenters. The maximum Gasteiger partial charge on any atom is 0.236 e. The first kappa shape index (κ1) is 11.7. The highest BCUT2D eigenvalue weighted by Gasteiger charge is 2.55. The zero-order chi connectivity index (χ0) is 12.3. The van der Waals surface area contributed by atoms with Crippen LogP contribution in [0.3, 0.4) is 0 Å². The normalized spacial score (nSPS) is 50.9. The lowest BCUT2D eigenvalue weighted by Gasteiger charge is -2.61. The smallest absolute Gasteiger partial charge is 0.236 e. The number of piperidine rings is 1. The lowest BCUT2D eigenvalue weighted by atomic mass is 9.52. The Kier molecular flexibility index (Phi) is 2.59. The van der Waals surface area contributed by atoms with E-state index in [9.17, 15) is 4.79 Å². The number of nitrogens with zero attached hydrogens (tertiary/aromatic N) is 1. The Morgan fingerprint density at radius 3 is 2.17 bits per heavy atom. The lowest BCUT2D eigenvalue weighted by Crippen LogP contribution is -2.63. The van der Waals surface area contributed by atoms with Crippen LogP contribution in [0.2, 0.25) is 0 Å². The topological polar surface area (TPSA) is 20.3 Å². The molecule has 4 saturated carbocycles. The second-order valence-corrected chi connectivity index (χ2v) is 8.35. The van der Waals surface area contributed by atoms with Crippen LogP contribution < -0.4 is 0 Å². The Hall–Kier alpha value is -0.0500. The SMILES string of the molecule is O=C1C(Br)CCCN1C12CC3CC(CC(C3)C1)C2. The molecule has 1 aliphatic heterocycles. The van der Waals surface area contributed by atoms with Crippen LogP contribution in [-0.4, -0.2) is 27.7 Å². The molecule has 0 N–H and O–H groups in total. The van der Waals surface area contributed by atoms with E-state index in [2.05, 4.69) is 20.8 Å². The van der Waals surface area contributed by atoms with E-state index in [4.69, 9.17) is 0 Å². The Balaban J connectivity index is 1.65. The third-order valence-electron chi connectivity index (χ3n) is 5.95. The van der Waals surface area contributed by atoms with Crippen molar-refractivity contribution in [3.8, 4) is 0 Å². The molecule has 1 atom stereocenters. The molecule has 1 amide bonds. The largest absolute Gasteiger partial charge is 0.336 e. The van der Waals surface area contributed by atoms with Crippen molar-refractivity contribution in [2.75, 3.05) is 6.54 Å². The molecule has 100 valence electrons. The molecule has 5 aliphatic rings. The van der Waals surface area contributed by atoms with Crippen molar-refractivity contribution in [1.82, 2.24) is 4.90 Å². The van der Waals surface area contributed by atoms with Crippen molar-refractivity contribution in [1.29, 1.82) is 0 Å². The van der Waals surface area contributed by atoms with E-state index in [0.717, 1.165) is 30.7 Å². The van der Waals surface area contributed by atoms with Gasteiger partial charge in [-0.15, -0.1) is 0 Å². The van der Waals surface area contributed by atoms with Crippen molar-refractivity contribution < 1.29 is 4.79 Å². The summed E-state index contributed by atoms with van der Waals surface area (Å²) in [6, 6.07) is 0. The minimum Gasteiger partial charge on any atom is -0.336 e. The van der Waals surface area contributed by atoms with Gasteiger partial charge in [0.1, 0.15) is 0 Å². The Labute approximate surface area is 118 Å². The number of halogens is 1. The van der Waals surface area contributed by atoms with Crippen molar-refractivity contribution in [3.63, 3.8) is 0 Å². The van der Waals surface area contributed by atoms with Crippen LogP contribution in [0, 0.1) is 17.8 Å². The van der Waals surface area contributed by atoms with Gasteiger partial charge in [-0.3, -0.25) is 4.79 Å². The highest BCUT2D eigenvalue weighted by Crippen LogP contribution is 2.58. The molecule has 1 heterocycles. The molecule has 0 aromatic heterocycles. The molecular formula is C15H22BrNO. The highest BCUT2D eigenvalue weighted by molar-refractivity contribution is 9.10. The molecule has 0 spiro atoms. The van der Waals surface area contributed by atoms with Gasteiger partial charge in [0.25, 0.3) is 0 Å². The maximum absolute atomic E-state index is 12.5. The molecule has 1 saturated heterocycles. The van der Waals surface area contributed by atoms with E-state index >= 15 is 0 Å². The average Bonchev–Trinajstić information content (AvgIpc) is 2.30. The van der Waals surface area contributed by atoms with E-state index in [0.29, 0.717) is 5.91 Å². The molecular weight excluding hydrogens is 290 g/mol. The predicted octanol–water partition coefficient (Wildman–Crippen LogP) is 3.34. The summed E-state index contributed by atoms with van der Waals surface area (Å²) in [7, 11) is 0. The minimum absolute atomic E-state index is 0.0965. The summed E-state index contributed by atoms with van der Waals surface area (Å²) in [6.45, 7) is 1.02. The molecule has 4 bridgehead atoms. The first-order valence-corrected chi connectivity index (χ1v) is 8.53. The van der Waals surface area contributed by atoms with Gasteiger partial charge < -0.3 is 4.90 Å². The van der Waals surface area contributed by atoms with Crippen molar-refractivity contribution >= 4 is 21.8 Å².